The van der Waals surface area contributed by atoms with Crippen LogP contribution in [0.3, 0.4) is 0 Å². The van der Waals surface area contributed by atoms with E-state index in [1.165, 1.54) is 12.1 Å². The number of primary amides is 1. The first kappa shape index (κ1) is 24.8. The van der Waals surface area contributed by atoms with Crippen LogP contribution in [0.4, 0.5) is 5.69 Å². The number of nitrogens with one attached hydrogen (secondary N) is 2. The van der Waals surface area contributed by atoms with E-state index in [2.05, 4.69) is 10.6 Å². The molecule has 0 bridgehead atoms. The molecular formula is C24H29N3O8. The van der Waals surface area contributed by atoms with Gasteiger partial charge in [0.05, 0.1) is 29.8 Å². The first-order valence-corrected chi connectivity index (χ1v) is 11.6. The summed E-state index contributed by atoms with van der Waals surface area (Å²) in [6.45, 7) is 2.53. The number of hydrogen-bond acceptors (Lipinski definition) is 9. The number of aromatic hydroxyl groups is 1. The molecule has 2 amide bonds. The van der Waals surface area contributed by atoms with Gasteiger partial charge >= 0.3 is 0 Å². The molecule has 2 fully saturated rings. The molecule has 1 aromatic rings. The van der Waals surface area contributed by atoms with Crippen LogP contribution in [0.25, 0.3) is 5.76 Å². The molecule has 2 saturated carbocycles. The predicted molar refractivity (Wildman–Crippen MR) is 123 cm³/mol. The van der Waals surface area contributed by atoms with Crippen molar-refractivity contribution in [3.63, 3.8) is 0 Å². The Balaban J connectivity index is 1.80. The lowest BCUT2D eigenvalue weighted by molar-refractivity contribution is -0.167. The summed E-state index contributed by atoms with van der Waals surface area (Å²) in [6.07, 6.45) is -0.721. The van der Waals surface area contributed by atoms with Gasteiger partial charge in [0.2, 0.25) is 17.6 Å². The third kappa shape index (κ3) is 3.89. The summed E-state index contributed by atoms with van der Waals surface area (Å²) >= 11 is 0. The second-order valence-electron chi connectivity index (χ2n) is 9.44. The van der Waals surface area contributed by atoms with E-state index in [0.717, 1.165) is 6.42 Å². The molecule has 1 aromatic carbocycles. The van der Waals surface area contributed by atoms with Crippen molar-refractivity contribution in [2.24, 2.45) is 17.6 Å². The average molecular weight is 488 g/mol. The van der Waals surface area contributed by atoms with Crippen LogP contribution in [-0.4, -0.2) is 68.6 Å². The Bertz CT molecular complexity index is 1150. The number of carbonyl (C=O) groups is 4. The summed E-state index contributed by atoms with van der Waals surface area (Å²) in [5.74, 6) is -7.56. The standard InChI is InChI=1S/C24H29N3O8/c1-2-5-26-9-16(30)27-14-4-3-12-17(23(25)34)13-7-10-6-11(28)8-15(29)24(10,35)22(33)19(13)21(32)18(12)20(14)31/h3-4,10-11,13,17,26,28,31-32,35H,2,5-9H2,1H3,(H2,25,34)(H,27,30). The third-order valence-corrected chi connectivity index (χ3v) is 7.23. The van der Waals surface area contributed by atoms with Crippen molar-refractivity contribution >= 4 is 34.8 Å². The molecule has 35 heavy (non-hydrogen) atoms. The van der Waals surface area contributed by atoms with Gasteiger partial charge in [-0.3, -0.25) is 19.2 Å². The van der Waals surface area contributed by atoms with Crippen molar-refractivity contribution < 1.29 is 39.6 Å². The van der Waals surface area contributed by atoms with Crippen LogP contribution < -0.4 is 16.4 Å². The zero-order valence-corrected chi connectivity index (χ0v) is 19.2. The fourth-order valence-electron chi connectivity index (χ4n) is 5.63. The largest absolute Gasteiger partial charge is 0.507 e. The SMILES string of the molecule is CCCNCC(=O)Nc1ccc2c(c1O)C(O)=C1C(=O)C3(O)C(=O)CC(O)CC3CC1C2C(N)=O. The minimum Gasteiger partial charge on any atom is -0.507 e. The molecule has 8 N–H and O–H groups in total. The molecule has 5 unspecified atom stereocenters. The number of amides is 2. The molecule has 4 rings (SSSR count). The second-order valence-corrected chi connectivity index (χ2v) is 9.44. The quantitative estimate of drug-likeness (QED) is 0.162. The van der Waals surface area contributed by atoms with Crippen LogP contribution in [0.5, 0.6) is 5.75 Å². The van der Waals surface area contributed by atoms with Crippen LogP contribution in [0.1, 0.15) is 49.7 Å². The number of fused-ring (bicyclic) bond motifs is 3. The molecule has 0 aliphatic heterocycles. The van der Waals surface area contributed by atoms with Gasteiger partial charge in [-0.05, 0) is 37.4 Å². The summed E-state index contributed by atoms with van der Waals surface area (Å²) in [6, 6.07) is 2.80. The molecular weight excluding hydrogens is 458 g/mol. The molecule has 11 nitrogen and oxygen atoms in total. The Labute approximate surface area is 201 Å². The van der Waals surface area contributed by atoms with Crippen LogP contribution in [0.2, 0.25) is 0 Å². The number of phenols is 1. The number of carbonyl (C=O) groups excluding carboxylic acids is 4. The maximum atomic E-state index is 13.5. The van der Waals surface area contributed by atoms with E-state index in [1.54, 1.807) is 0 Å². The highest BCUT2D eigenvalue weighted by Gasteiger charge is 2.62. The summed E-state index contributed by atoms with van der Waals surface area (Å²) in [5.41, 5.74) is 2.69. The molecule has 0 spiro atoms. The molecule has 3 aliphatic carbocycles. The number of Topliss-reactive ketones (excluding diaryl/α,β-unsaturated/α-hetero) is 2. The number of hydrogen-bond donors (Lipinski definition) is 7. The Morgan fingerprint density at radius 2 is 1.91 bits per heavy atom. The van der Waals surface area contributed by atoms with Gasteiger partial charge in [-0.25, -0.2) is 0 Å². The van der Waals surface area contributed by atoms with Crippen LogP contribution >= 0.6 is 0 Å². The van der Waals surface area contributed by atoms with Gasteiger partial charge in [-0.1, -0.05) is 13.0 Å². The zero-order valence-electron chi connectivity index (χ0n) is 19.2. The molecule has 0 saturated heterocycles. The van der Waals surface area contributed by atoms with Gasteiger partial charge in [-0.2, -0.15) is 0 Å². The third-order valence-electron chi connectivity index (χ3n) is 7.23. The summed E-state index contributed by atoms with van der Waals surface area (Å²) < 4.78 is 0. The van der Waals surface area contributed by atoms with E-state index < -0.39 is 70.8 Å². The Morgan fingerprint density at radius 3 is 2.57 bits per heavy atom. The van der Waals surface area contributed by atoms with Crippen molar-refractivity contribution in [1.29, 1.82) is 0 Å². The lowest BCUT2D eigenvalue weighted by Gasteiger charge is -2.48. The van der Waals surface area contributed by atoms with Gasteiger partial charge in [0.1, 0.15) is 11.5 Å². The molecule has 0 radical (unpaired) electrons. The first-order valence-electron chi connectivity index (χ1n) is 11.6. The second kappa shape index (κ2) is 9.06. The minimum atomic E-state index is -2.45. The van der Waals surface area contributed by atoms with Crippen molar-refractivity contribution in [3.05, 3.63) is 28.8 Å². The van der Waals surface area contributed by atoms with E-state index in [1.807, 2.05) is 6.92 Å². The number of ketones is 2. The number of rotatable bonds is 6. The smallest absolute Gasteiger partial charge is 0.238 e. The van der Waals surface area contributed by atoms with Crippen LogP contribution in [0.15, 0.2) is 17.7 Å². The summed E-state index contributed by atoms with van der Waals surface area (Å²) in [4.78, 5) is 50.9. The number of aliphatic hydroxyl groups excluding tert-OH is 2. The van der Waals surface area contributed by atoms with Crippen molar-refractivity contribution in [1.82, 2.24) is 5.32 Å². The van der Waals surface area contributed by atoms with Gasteiger partial charge in [0, 0.05) is 23.8 Å². The van der Waals surface area contributed by atoms with Crippen LogP contribution in [0, 0.1) is 11.8 Å². The summed E-state index contributed by atoms with van der Waals surface area (Å²) in [7, 11) is 0. The first-order chi connectivity index (χ1) is 16.5. The fraction of sp³-hybridized carbons (Fsp3) is 0.500. The topological polar surface area (TPSA) is 199 Å². The van der Waals surface area contributed by atoms with Gasteiger partial charge in [-0.15, -0.1) is 0 Å². The fourth-order valence-corrected chi connectivity index (χ4v) is 5.63. The highest BCUT2D eigenvalue weighted by molar-refractivity contribution is 6.22. The predicted octanol–water partition coefficient (Wildman–Crippen LogP) is -0.158. The Kier molecular flexibility index (Phi) is 6.43. The summed E-state index contributed by atoms with van der Waals surface area (Å²) in [5, 5.41) is 48.7. The van der Waals surface area contributed by atoms with Crippen molar-refractivity contribution in [3.8, 4) is 5.75 Å². The lowest BCUT2D eigenvalue weighted by Crippen LogP contribution is -2.62. The maximum Gasteiger partial charge on any atom is 0.238 e. The van der Waals surface area contributed by atoms with Gasteiger partial charge in [0.25, 0.3) is 0 Å². The number of phenolic OH excluding ortho intramolecular Hbond substituents is 1. The van der Waals surface area contributed by atoms with E-state index in [9.17, 15) is 39.6 Å². The lowest BCUT2D eigenvalue weighted by atomic mass is 9.56. The van der Waals surface area contributed by atoms with Crippen LogP contribution in [-0.2, 0) is 19.2 Å². The normalized spacial score (nSPS) is 29.8. The number of aliphatic hydroxyl groups is 3. The molecule has 0 heterocycles. The zero-order chi connectivity index (χ0) is 25.7. The minimum absolute atomic E-state index is 0.0235. The Morgan fingerprint density at radius 1 is 1.20 bits per heavy atom. The van der Waals surface area contributed by atoms with E-state index in [-0.39, 0.29) is 41.8 Å². The average Bonchev–Trinajstić information content (AvgIpc) is 2.78. The Hall–Kier alpha value is -3.28. The van der Waals surface area contributed by atoms with Gasteiger partial charge in [0.15, 0.2) is 11.4 Å². The molecule has 188 valence electrons. The van der Waals surface area contributed by atoms with Crippen molar-refractivity contribution in [2.75, 3.05) is 18.4 Å². The number of anilines is 1. The molecule has 5 atom stereocenters. The monoisotopic (exact) mass is 487 g/mol. The highest BCUT2D eigenvalue weighted by atomic mass is 16.3. The number of nitrogens with two attached hydrogens (primary N) is 1. The molecule has 0 aromatic heterocycles. The van der Waals surface area contributed by atoms with E-state index in [4.69, 9.17) is 5.73 Å². The van der Waals surface area contributed by atoms with E-state index >= 15 is 0 Å². The van der Waals surface area contributed by atoms with Crippen molar-refractivity contribution in [2.45, 2.75) is 50.2 Å². The molecule has 11 heteroatoms. The highest BCUT2D eigenvalue weighted by Crippen LogP contribution is 2.55. The maximum absolute atomic E-state index is 13.5. The number of benzene rings is 1. The van der Waals surface area contributed by atoms with Gasteiger partial charge < -0.3 is 36.8 Å². The molecule has 3 aliphatic rings. The van der Waals surface area contributed by atoms with E-state index in [0.29, 0.717) is 6.54 Å².